The second-order valence-corrected chi connectivity index (χ2v) is 4.32. The monoisotopic (exact) mass is 294 g/mol. The van der Waals surface area contributed by atoms with E-state index in [4.69, 9.17) is 10.8 Å². The highest BCUT2D eigenvalue weighted by Crippen LogP contribution is 2.04. The molecule has 7 nitrogen and oxygen atoms in total. The number of benzene rings is 1. The van der Waals surface area contributed by atoms with Gasteiger partial charge in [0, 0.05) is 6.42 Å². The van der Waals surface area contributed by atoms with Gasteiger partial charge >= 0.3 is 11.9 Å². The second-order valence-electron chi connectivity index (χ2n) is 4.32. The molecule has 1 aromatic carbocycles. The third-order valence-corrected chi connectivity index (χ3v) is 2.72. The Hall–Kier alpha value is -2.41. The highest BCUT2D eigenvalue weighted by atomic mass is 16.5. The van der Waals surface area contributed by atoms with Crippen LogP contribution in [0.1, 0.15) is 12.5 Å². The van der Waals surface area contributed by atoms with Crippen LogP contribution in [0.4, 0.5) is 0 Å². The van der Waals surface area contributed by atoms with Gasteiger partial charge < -0.3 is 20.9 Å². The van der Waals surface area contributed by atoms with Crippen molar-refractivity contribution >= 4 is 17.8 Å². The Morgan fingerprint density at radius 1 is 1.29 bits per heavy atom. The van der Waals surface area contributed by atoms with E-state index in [9.17, 15) is 14.4 Å². The summed E-state index contributed by atoms with van der Waals surface area (Å²) in [5, 5.41) is 11.4. The maximum absolute atomic E-state index is 11.8. The van der Waals surface area contributed by atoms with E-state index in [-0.39, 0.29) is 13.0 Å². The van der Waals surface area contributed by atoms with Crippen LogP contribution in [0.5, 0.6) is 0 Å². The summed E-state index contributed by atoms with van der Waals surface area (Å²) < 4.78 is 4.61. The van der Waals surface area contributed by atoms with Crippen LogP contribution in [0.3, 0.4) is 0 Å². The van der Waals surface area contributed by atoms with Crippen molar-refractivity contribution in [2.24, 2.45) is 5.73 Å². The summed E-state index contributed by atoms with van der Waals surface area (Å²) >= 11 is 0. The number of amides is 1. The van der Waals surface area contributed by atoms with Crippen molar-refractivity contribution in [3.05, 3.63) is 35.9 Å². The standard InChI is InChI=1S/C14H18N2O5/c1-2-21-14(20)11(15)12(17)16-10(13(18)19)8-9-6-4-3-5-7-9/h3-7,10-11H,2,8,15H2,1H3,(H,16,17)(H,18,19)/t10-,11?/m0/s1. The number of carbonyl (C=O) groups is 3. The first-order valence-electron chi connectivity index (χ1n) is 6.45. The van der Waals surface area contributed by atoms with Gasteiger partial charge in [-0.25, -0.2) is 9.59 Å². The normalized spacial score (nSPS) is 13.0. The third-order valence-electron chi connectivity index (χ3n) is 2.72. The Kier molecular flexibility index (Phi) is 6.35. The van der Waals surface area contributed by atoms with Gasteiger partial charge in [-0.3, -0.25) is 4.79 Å². The molecule has 0 aliphatic carbocycles. The Bertz CT molecular complexity index is 503. The van der Waals surface area contributed by atoms with Crippen LogP contribution < -0.4 is 11.1 Å². The van der Waals surface area contributed by atoms with Crippen molar-refractivity contribution < 1.29 is 24.2 Å². The Balaban J connectivity index is 2.68. The predicted molar refractivity (Wildman–Crippen MR) is 74.3 cm³/mol. The molecule has 0 saturated carbocycles. The average Bonchev–Trinajstić information content (AvgIpc) is 2.46. The number of nitrogens with one attached hydrogen (secondary N) is 1. The lowest BCUT2D eigenvalue weighted by Gasteiger charge is -2.17. The van der Waals surface area contributed by atoms with Gasteiger partial charge in [0.15, 0.2) is 6.04 Å². The van der Waals surface area contributed by atoms with Crippen LogP contribution in [0.2, 0.25) is 0 Å². The zero-order valence-corrected chi connectivity index (χ0v) is 11.6. The van der Waals surface area contributed by atoms with Gasteiger partial charge in [0.25, 0.3) is 0 Å². The maximum atomic E-state index is 11.8. The molecule has 0 aromatic heterocycles. The lowest BCUT2D eigenvalue weighted by Crippen LogP contribution is -2.52. The molecule has 1 unspecified atom stereocenters. The molecule has 0 fully saturated rings. The van der Waals surface area contributed by atoms with Gasteiger partial charge in [-0.2, -0.15) is 0 Å². The number of rotatable bonds is 7. The van der Waals surface area contributed by atoms with E-state index in [0.717, 1.165) is 5.56 Å². The number of aliphatic carboxylic acids is 1. The van der Waals surface area contributed by atoms with Crippen molar-refractivity contribution in [2.45, 2.75) is 25.4 Å². The Morgan fingerprint density at radius 3 is 2.43 bits per heavy atom. The number of esters is 1. The molecule has 7 heteroatoms. The van der Waals surface area contributed by atoms with Gasteiger partial charge in [-0.1, -0.05) is 30.3 Å². The Morgan fingerprint density at radius 2 is 1.90 bits per heavy atom. The van der Waals surface area contributed by atoms with E-state index in [1.54, 1.807) is 37.3 Å². The lowest BCUT2D eigenvalue weighted by molar-refractivity contribution is -0.150. The van der Waals surface area contributed by atoms with Crippen LogP contribution in [0, 0.1) is 0 Å². The molecular formula is C14H18N2O5. The molecule has 114 valence electrons. The topological polar surface area (TPSA) is 119 Å². The molecular weight excluding hydrogens is 276 g/mol. The fourth-order valence-corrected chi connectivity index (χ4v) is 1.65. The summed E-state index contributed by atoms with van der Waals surface area (Å²) in [6.45, 7) is 1.67. The molecule has 0 bridgehead atoms. The van der Waals surface area contributed by atoms with Crippen LogP contribution in [-0.2, 0) is 25.5 Å². The van der Waals surface area contributed by atoms with Crippen molar-refractivity contribution in [1.29, 1.82) is 0 Å². The minimum atomic E-state index is -1.54. The first-order valence-corrected chi connectivity index (χ1v) is 6.45. The van der Waals surface area contributed by atoms with E-state index >= 15 is 0 Å². The van der Waals surface area contributed by atoms with E-state index < -0.39 is 29.9 Å². The molecule has 0 heterocycles. The molecule has 0 aliphatic rings. The maximum Gasteiger partial charge on any atom is 0.332 e. The van der Waals surface area contributed by atoms with E-state index in [2.05, 4.69) is 10.1 Å². The summed E-state index contributed by atoms with van der Waals surface area (Å²) in [5.74, 6) is -2.97. The largest absolute Gasteiger partial charge is 0.480 e. The van der Waals surface area contributed by atoms with Crippen LogP contribution in [-0.4, -0.2) is 41.6 Å². The van der Waals surface area contributed by atoms with Crippen LogP contribution in [0.15, 0.2) is 30.3 Å². The molecule has 0 saturated heterocycles. The predicted octanol–water partition coefficient (Wildman–Crippen LogP) is -0.311. The quantitative estimate of drug-likeness (QED) is 0.469. The number of nitrogens with two attached hydrogens (primary N) is 1. The summed E-state index contributed by atoms with van der Waals surface area (Å²) in [5.41, 5.74) is 6.15. The Labute approximate surface area is 122 Å². The number of hydrogen-bond donors (Lipinski definition) is 3. The SMILES string of the molecule is CCOC(=O)C(N)C(=O)N[C@@H](Cc1ccccc1)C(=O)O. The van der Waals surface area contributed by atoms with E-state index in [0.29, 0.717) is 0 Å². The van der Waals surface area contributed by atoms with Crippen molar-refractivity contribution in [3.8, 4) is 0 Å². The van der Waals surface area contributed by atoms with Gasteiger partial charge in [0.1, 0.15) is 6.04 Å². The minimum absolute atomic E-state index is 0.0895. The molecule has 2 atom stereocenters. The van der Waals surface area contributed by atoms with Crippen molar-refractivity contribution in [3.63, 3.8) is 0 Å². The van der Waals surface area contributed by atoms with Crippen LogP contribution >= 0.6 is 0 Å². The van der Waals surface area contributed by atoms with Crippen LogP contribution in [0.25, 0.3) is 0 Å². The number of carboxylic acid groups (broad SMARTS) is 1. The lowest BCUT2D eigenvalue weighted by atomic mass is 10.1. The first kappa shape index (κ1) is 16.6. The van der Waals surface area contributed by atoms with E-state index in [1.807, 2.05) is 0 Å². The highest BCUT2D eigenvalue weighted by Gasteiger charge is 2.28. The number of carboxylic acids is 1. The fraction of sp³-hybridized carbons (Fsp3) is 0.357. The fourth-order valence-electron chi connectivity index (χ4n) is 1.65. The van der Waals surface area contributed by atoms with Crippen molar-refractivity contribution in [2.75, 3.05) is 6.61 Å². The van der Waals surface area contributed by atoms with E-state index in [1.165, 1.54) is 0 Å². The van der Waals surface area contributed by atoms with Gasteiger partial charge in [-0.15, -0.1) is 0 Å². The molecule has 0 radical (unpaired) electrons. The minimum Gasteiger partial charge on any atom is -0.480 e. The molecule has 1 amide bonds. The number of hydrogen-bond acceptors (Lipinski definition) is 5. The summed E-state index contributed by atoms with van der Waals surface area (Å²) in [7, 11) is 0. The number of carbonyl (C=O) groups excluding carboxylic acids is 2. The van der Waals surface area contributed by atoms with Gasteiger partial charge in [0.2, 0.25) is 5.91 Å². The molecule has 1 aromatic rings. The zero-order valence-electron chi connectivity index (χ0n) is 11.6. The second kappa shape index (κ2) is 8.01. The van der Waals surface area contributed by atoms with Crippen molar-refractivity contribution in [1.82, 2.24) is 5.32 Å². The molecule has 0 spiro atoms. The summed E-state index contributed by atoms with van der Waals surface area (Å²) in [4.78, 5) is 34.3. The molecule has 4 N–H and O–H groups in total. The van der Waals surface area contributed by atoms with Gasteiger partial charge in [-0.05, 0) is 12.5 Å². The highest BCUT2D eigenvalue weighted by molar-refractivity contribution is 6.02. The molecule has 21 heavy (non-hydrogen) atoms. The summed E-state index contributed by atoms with van der Waals surface area (Å²) in [6, 6.07) is 6.11. The van der Waals surface area contributed by atoms with Gasteiger partial charge in [0.05, 0.1) is 6.61 Å². The average molecular weight is 294 g/mol. The number of ether oxygens (including phenoxy) is 1. The first-order chi connectivity index (χ1) is 9.95. The molecule has 0 aliphatic heterocycles. The third kappa shape index (κ3) is 5.23. The smallest absolute Gasteiger partial charge is 0.332 e. The summed E-state index contributed by atoms with van der Waals surface area (Å²) in [6.07, 6.45) is 0.0947. The molecule has 1 rings (SSSR count). The zero-order chi connectivity index (χ0) is 15.8.